The van der Waals surface area contributed by atoms with Crippen molar-refractivity contribution in [1.29, 1.82) is 0 Å². The van der Waals surface area contributed by atoms with Crippen LogP contribution in [0.3, 0.4) is 0 Å². The predicted octanol–water partition coefficient (Wildman–Crippen LogP) is -0.673. The molecule has 18 nitrogen and oxygen atoms in total. The molecule has 0 aromatic rings. The highest BCUT2D eigenvalue weighted by Gasteiger charge is 2.24. The van der Waals surface area contributed by atoms with E-state index in [0.29, 0.717) is 25.8 Å². The number of carboxylic acids is 4. The fourth-order valence-corrected chi connectivity index (χ4v) is 5.10. The van der Waals surface area contributed by atoms with Crippen LogP contribution in [0, 0.1) is 0 Å². The molecule has 1 aliphatic rings. The zero-order valence-corrected chi connectivity index (χ0v) is 31.3. The molecule has 2 unspecified atom stereocenters. The lowest BCUT2D eigenvalue weighted by Gasteiger charge is -2.33. The summed E-state index contributed by atoms with van der Waals surface area (Å²) in [6.07, 6.45) is 1.69. The summed E-state index contributed by atoms with van der Waals surface area (Å²) in [7, 11) is 1.71. The number of Topliss-reactive ketones (excluding diaryl/α,β-unsaturated/α-hetero) is 1. The summed E-state index contributed by atoms with van der Waals surface area (Å²) >= 11 is 0. The molecule has 1 heterocycles. The average Bonchev–Trinajstić information content (AvgIpc) is 3.06. The van der Waals surface area contributed by atoms with Gasteiger partial charge >= 0.3 is 23.9 Å². The Morgan fingerprint density at radius 2 is 0.961 bits per heavy atom. The molecule has 1 aliphatic heterocycles. The summed E-state index contributed by atoms with van der Waals surface area (Å²) in [6.45, 7) is 10.4. The molecule has 0 aromatic heterocycles. The number of aliphatic carboxylic acids is 4. The molecular formula is C33H63N7O11. The molecule has 1 rings (SSSR count). The van der Waals surface area contributed by atoms with Crippen LogP contribution in [0.2, 0.25) is 0 Å². The first-order chi connectivity index (χ1) is 24.2. The van der Waals surface area contributed by atoms with Crippen LogP contribution in [0.15, 0.2) is 0 Å². The summed E-state index contributed by atoms with van der Waals surface area (Å²) < 4.78 is 0. The van der Waals surface area contributed by atoms with Gasteiger partial charge in [-0.05, 0) is 39.7 Å². The third-order valence-electron chi connectivity index (χ3n) is 7.75. The van der Waals surface area contributed by atoms with Crippen LogP contribution in [0.5, 0.6) is 0 Å². The van der Waals surface area contributed by atoms with E-state index in [1.807, 2.05) is 27.7 Å². The lowest BCUT2D eigenvalue weighted by molar-refractivity contribution is -0.142. The number of carboxylic acid groups (broad SMARTS) is 4. The van der Waals surface area contributed by atoms with E-state index in [2.05, 4.69) is 16.0 Å². The molecule has 7 N–H and O–H groups in total. The minimum Gasteiger partial charge on any atom is -0.480 e. The van der Waals surface area contributed by atoms with Gasteiger partial charge in [0.2, 0.25) is 11.8 Å². The molecule has 296 valence electrons. The molecule has 0 bridgehead atoms. The standard InChI is InChI=1S/C29H51N7O11.2C2H6/c1-21(37)22(30-2)5-3-4-8-31-24(38)7-6-23(29(46)47)32-25(39)17-33-9-11-34(18-26(40)41)13-15-36(20-28(44)45)16-14-35(12-10-33)19-27(42)43;2*1-2/h22-23,30H,3-20H2,1-2H3,(H,31,38)(H,32,39)(H,40,41)(H,42,43)(H,44,45)(H,46,47);2*1-2H3. The fourth-order valence-electron chi connectivity index (χ4n) is 5.10. The minimum absolute atomic E-state index is 0.0350. The van der Waals surface area contributed by atoms with E-state index < -0.39 is 35.8 Å². The van der Waals surface area contributed by atoms with Gasteiger partial charge in [0.25, 0.3) is 0 Å². The molecule has 2 atom stereocenters. The lowest BCUT2D eigenvalue weighted by atomic mass is 10.1. The third kappa shape index (κ3) is 25.8. The molecule has 0 spiro atoms. The monoisotopic (exact) mass is 733 g/mol. The smallest absolute Gasteiger partial charge is 0.326 e. The third-order valence-corrected chi connectivity index (χ3v) is 7.75. The second kappa shape index (κ2) is 30.0. The van der Waals surface area contributed by atoms with Gasteiger partial charge in [-0.1, -0.05) is 27.7 Å². The van der Waals surface area contributed by atoms with Crippen molar-refractivity contribution < 1.29 is 54.0 Å². The van der Waals surface area contributed by atoms with Crippen LogP contribution < -0.4 is 16.0 Å². The van der Waals surface area contributed by atoms with Crippen LogP contribution >= 0.6 is 0 Å². The normalized spacial score (nSPS) is 16.3. The minimum atomic E-state index is -1.33. The molecule has 18 heteroatoms. The van der Waals surface area contributed by atoms with Gasteiger partial charge in [0.1, 0.15) is 11.8 Å². The zero-order valence-electron chi connectivity index (χ0n) is 31.3. The first-order valence-corrected chi connectivity index (χ1v) is 17.7. The number of hydrogen-bond acceptors (Lipinski definition) is 12. The van der Waals surface area contributed by atoms with Crippen molar-refractivity contribution in [2.45, 2.75) is 78.8 Å². The topological polar surface area (TPSA) is 249 Å². The van der Waals surface area contributed by atoms with Crippen LogP contribution in [0.1, 0.15) is 66.7 Å². The Balaban J connectivity index is 0. The van der Waals surface area contributed by atoms with Crippen molar-refractivity contribution in [2.24, 2.45) is 0 Å². The number of amides is 2. The number of carbonyl (C=O) groups is 7. The Hall–Kier alpha value is -3.71. The quantitative estimate of drug-likeness (QED) is 0.0767. The number of nitrogens with zero attached hydrogens (tertiary/aromatic N) is 4. The molecule has 2 amide bonds. The Morgan fingerprint density at radius 1 is 0.569 bits per heavy atom. The highest BCUT2D eigenvalue weighted by atomic mass is 16.4. The number of carbonyl (C=O) groups excluding carboxylic acids is 3. The lowest BCUT2D eigenvalue weighted by Crippen LogP contribution is -2.51. The van der Waals surface area contributed by atoms with Crippen molar-refractivity contribution in [3.05, 3.63) is 0 Å². The van der Waals surface area contributed by atoms with Crippen molar-refractivity contribution in [3.8, 4) is 0 Å². The van der Waals surface area contributed by atoms with Crippen LogP contribution in [0.25, 0.3) is 0 Å². The van der Waals surface area contributed by atoms with Gasteiger partial charge in [-0.15, -0.1) is 0 Å². The summed E-state index contributed by atoms with van der Waals surface area (Å²) in [4.78, 5) is 89.4. The second-order valence-electron chi connectivity index (χ2n) is 11.6. The molecule has 51 heavy (non-hydrogen) atoms. The van der Waals surface area contributed by atoms with Gasteiger partial charge in [0.15, 0.2) is 0 Å². The van der Waals surface area contributed by atoms with Gasteiger partial charge in [-0.3, -0.25) is 48.4 Å². The van der Waals surface area contributed by atoms with Crippen LogP contribution in [-0.4, -0.2) is 186 Å². The number of likely N-dealkylation sites (N-methyl/N-ethyl adjacent to an activating group) is 1. The maximum absolute atomic E-state index is 13.0. The first-order valence-electron chi connectivity index (χ1n) is 17.7. The van der Waals surface area contributed by atoms with Gasteiger partial charge in [0.05, 0.1) is 32.2 Å². The van der Waals surface area contributed by atoms with Crippen LogP contribution in [-0.2, 0) is 33.6 Å². The van der Waals surface area contributed by atoms with Crippen LogP contribution in [0.4, 0.5) is 0 Å². The number of unbranched alkanes of at least 4 members (excludes halogenated alkanes) is 1. The molecular weight excluding hydrogens is 670 g/mol. The molecule has 0 aromatic carbocycles. The fraction of sp³-hybridized carbons (Fsp3) is 0.788. The maximum atomic E-state index is 13.0. The van der Waals surface area contributed by atoms with Gasteiger partial charge in [0, 0.05) is 65.3 Å². The number of rotatable bonds is 20. The summed E-state index contributed by atoms with van der Waals surface area (Å²) in [5.74, 6) is -5.50. The Labute approximate surface area is 301 Å². The van der Waals surface area contributed by atoms with E-state index in [1.165, 1.54) is 6.92 Å². The number of ketones is 1. The average molecular weight is 734 g/mol. The largest absolute Gasteiger partial charge is 0.480 e. The van der Waals surface area contributed by atoms with Gasteiger partial charge in [-0.2, -0.15) is 0 Å². The van der Waals surface area contributed by atoms with E-state index in [1.54, 1.807) is 26.6 Å². The van der Waals surface area contributed by atoms with Gasteiger partial charge in [-0.25, -0.2) is 4.79 Å². The Morgan fingerprint density at radius 3 is 1.29 bits per heavy atom. The zero-order chi connectivity index (χ0) is 39.4. The van der Waals surface area contributed by atoms with Crippen molar-refractivity contribution in [2.75, 3.05) is 92.1 Å². The summed E-state index contributed by atoms with van der Waals surface area (Å²) in [6, 6.07) is -1.57. The highest BCUT2D eigenvalue weighted by molar-refractivity contribution is 5.85. The van der Waals surface area contributed by atoms with Crippen molar-refractivity contribution in [1.82, 2.24) is 35.6 Å². The molecule has 1 fully saturated rings. The first kappa shape index (κ1) is 49.4. The summed E-state index contributed by atoms with van der Waals surface area (Å²) in [5.41, 5.74) is 0. The second-order valence-corrected chi connectivity index (χ2v) is 11.6. The van der Waals surface area contributed by atoms with E-state index in [0.717, 1.165) is 0 Å². The highest BCUT2D eigenvalue weighted by Crippen LogP contribution is 2.04. The number of nitrogens with one attached hydrogen (secondary N) is 3. The molecule has 0 radical (unpaired) electrons. The van der Waals surface area contributed by atoms with Crippen molar-refractivity contribution in [3.63, 3.8) is 0 Å². The van der Waals surface area contributed by atoms with E-state index >= 15 is 0 Å². The molecule has 0 saturated carbocycles. The maximum Gasteiger partial charge on any atom is 0.326 e. The van der Waals surface area contributed by atoms with E-state index in [4.69, 9.17) is 0 Å². The predicted molar refractivity (Wildman–Crippen MR) is 191 cm³/mol. The SMILES string of the molecule is CC.CC.CNC(CCCCNC(=O)CCC(NC(=O)CN1CCN(CC(=O)O)CCN(CC(=O)O)CCN(CC(=O)O)CC1)C(=O)O)C(C)=O. The Bertz CT molecular complexity index is 1030. The number of hydrogen-bond donors (Lipinski definition) is 7. The van der Waals surface area contributed by atoms with E-state index in [9.17, 15) is 54.0 Å². The Kier molecular flexibility index (Phi) is 29.0. The molecule has 0 aliphatic carbocycles. The molecule has 1 saturated heterocycles. The van der Waals surface area contributed by atoms with Gasteiger partial charge < -0.3 is 36.4 Å². The van der Waals surface area contributed by atoms with Crippen molar-refractivity contribution >= 4 is 41.5 Å². The van der Waals surface area contributed by atoms with E-state index in [-0.39, 0.29) is 109 Å². The summed E-state index contributed by atoms with van der Waals surface area (Å²) in [5, 5.41) is 45.8.